The van der Waals surface area contributed by atoms with Crippen LogP contribution in [-0.4, -0.2) is 41.1 Å². The molecule has 1 saturated heterocycles. The smallest absolute Gasteiger partial charge is 0.335 e. The van der Waals surface area contributed by atoms with E-state index >= 15 is 0 Å². The van der Waals surface area contributed by atoms with Crippen LogP contribution in [0, 0.1) is 0 Å². The van der Waals surface area contributed by atoms with Gasteiger partial charge in [-0.3, -0.25) is 14.7 Å². The summed E-state index contributed by atoms with van der Waals surface area (Å²) in [6.07, 6.45) is 1.70. The number of nitrogens with zero attached hydrogens (tertiary/aromatic N) is 2. The first-order valence-corrected chi connectivity index (χ1v) is 9.96. The minimum Gasteiger partial charge on any atom is -0.486 e. The fourth-order valence-corrected chi connectivity index (χ4v) is 4.14. The maximum absolute atomic E-state index is 12.3. The Morgan fingerprint density at radius 3 is 2.38 bits per heavy atom. The largest absolute Gasteiger partial charge is 0.486 e. The zero-order chi connectivity index (χ0) is 21.1. The molecule has 2 aromatic carbocycles. The van der Waals surface area contributed by atoms with Crippen molar-refractivity contribution in [3.63, 3.8) is 0 Å². The standard InChI is InChI=1S/C20H16Cl2N2O4S/c1-23-20-24(2)18(25)16(29-20)9-12-7-14(21)17(15(22)8-12)28-10-11-3-5-13(6-4-11)19(26)27/h3-9H,10H2,1-2H3,(H,26,27)/b16-9+,23-20?. The third-order valence-corrected chi connectivity index (χ3v) is 5.81. The van der Waals surface area contributed by atoms with E-state index in [0.29, 0.717) is 31.4 Å². The van der Waals surface area contributed by atoms with Gasteiger partial charge in [0.25, 0.3) is 5.91 Å². The van der Waals surface area contributed by atoms with Crippen molar-refractivity contribution >= 4 is 58.1 Å². The second kappa shape index (κ2) is 8.90. The lowest BCUT2D eigenvalue weighted by atomic mass is 10.1. The number of ether oxygens (including phenoxy) is 1. The quantitative estimate of drug-likeness (QED) is 0.661. The van der Waals surface area contributed by atoms with Crippen molar-refractivity contribution in [2.24, 2.45) is 4.99 Å². The van der Waals surface area contributed by atoms with Crippen LogP contribution < -0.4 is 4.74 Å². The van der Waals surface area contributed by atoms with Crippen LogP contribution in [0.2, 0.25) is 10.0 Å². The number of aromatic carboxylic acids is 1. The molecule has 29 heavy (non-hydrogen) atoms. The number of rotatable bonds is 5. The Morgan fingerprint density at radius 1 is 1.24 bits per heavy atom. The van der Waals surface area contributed by atoms with Crippen molar-refractivity contribution in [3.05, 3.63) is 68.0 Å². The van der Waals surface area contributed by atoms with Crippen LogP contribution in [0.3, 0.4) is 0 Å². The molecule has 1 heterocycles. The number of amidine groups is 1. The highest BCUT2D eigenvalue weighted by Gasteiger charge is 2.29. The van der Waals surface area contributed by atoms with Gasteiger partial charge in [0.15, 0.2) is 10.9 Å². The number of carbonyl (C=O) groups is 2. The SMILES string of the molecule is CN=C1S/C(=C/c2cc(Cl)c(OCc3ccc(C(=O)O)cc3)c(Cl)c2)C(=O)N1C. The third kappa shape index (κ3) is 4.75. The summed E-state index contributed by atoms with van der Waals surface area (Å²) < 4.78 is 5.72. The Hall–Kier alpha value is -2.48. The molecule has 2 aromatic rings. The number of benzene rings is 2. The van der Waals surface area contributed by atoms with Crippen LogP contribution in [0.15, 0.2) is 46.3 Å². The van der Waals surface area contributed by atoms with Crippen LogP contribution in [0.4, 0.5) is 0 Å². The average Bonchev–Trinajstić information content (AvgIpc) is 2.95. The topological polar surface area (TPSA) is 79.2 Å². The van der Waals surface area contributed by atoms with Gasteiger partial charge in [-0.25, -0.2) is 4.79 Å². The number of aliphatic imine (C=N–C) groups is 1. The van der Waals surface area contributed by atoms with Gasteiger partial charge in [0.1, 0.15) is 6.61 Å². The molecule has 9 heteroatoms. The molecule has 0 radical (unpaired) electrons. The van der Waals surface area contributed by atoms with Crippen molar-refractivity contribution in [2.45, 2.75) is 6.61 Å². The lowest BCUT2D eigenvalue weighted by Gasteiger charge is -2.11. The number of hydrogen-bond acceptors (Lipinski definition) is 5. The zero-order valence-electron chi connectivity index (χ0n) is 15.5. The van der Waals surface area contributed by atoms with Crippen molar-refractivity contribution in [1.29, 1.82) is 0 Å². The summed E-state index contributed by atoms with van der Waals surface area (Å²) >= 11 is 13.9. The molecule has 1 aliphatic rings. The predicted molar refractivity (Wildman–Crippen MR) is 116 cm³/mol. The van der Waals surface area contributed by atoms with Gasteiger partial charge in [-0.15, -0.1) is 0 Å². The fraction of sp³-hybridized carbons (Fsp3) is 0.150. The highest BCUT2D eigenvalue weighted by atomic mass is 35.5. The summed E-state index contributed by atoms with van der Waals surface area (Å²) in [6, 6.07) is 9.66. The monoisotopic (exact) mass is 450 g/mol. The third-order valence-electron chi connectivity index (χ3n) is 4.10. The van der Waals surface area contributed by atoms with Gasteiger partial charge < -0.3 is 9.84 Å². The normalized spacial score (nSPS) is 16.7. The number of hydrogen-bond donors (Lipinski definition) is 1. The van der Waals surface area contributed by atoms with E-state index in [1.807, 2.05) is 0 Å². The number of carboxylic acids is 1. The fourth-order valence-electron chi connectivity index (χ4n) is 2.60. The summed E-state index contributed by atoms with van der Waals surface area (Å²) in [5, 5.41) is 10.2. The maximum atomic E-state index is 12.3. The number of thioether (sulfide) groups is 1. The van der Waals surface area contributed by atoms with Gasteiger partial charge >= 0.3 is 5.97 Å². The highest BCUT2D eigenvalue weighted by molar-refractivity contribution is 8.18. The van der Waals surface area contributed by atoms with E-state index in [2.05, 4.69) is 4.99 Å². The molecule has 0 aliphatic carbocycles. The molecule has 150 valence electrons. The van der Waals surface area contributed by atoms with E-state index in [1.54, 1.807) is 44.4 Å². The second-order valence-electron chi connectivity index (χ2n) is 6.09. The first kappa shape index (κ1) is 21.2. The van der Waals surface area contributed by atoms with Crippen molar-refractivity contribution in [1.82, 2.24) is 4.90 Å². The predicted octanol–water partition coefficient (Wildman–Crippen LogP) is 4.80. The zero-order valence-corrected chi connectivity index (χ0v) is 17.8. The molecule has 0 unspecified atom stereocenters. The van der Waals surface area contributed by atoms with E-state index in [-0.39, 0.29) is 18.1 Å². The van der Waals surface area contributed by atoms with Crippen molar-refractivity contribution in [2.75, 3.05) is 14.1 Å². The first-order chi connectivity index (χ1) is 13.8. The number of carbonyl (C=O) groups excluding carboxylic acids is 1. The Kier molecular flexibility index (Phi) is 6.52. The first-order valence-electron chi connectivity index (χ1n) is 8.38. The molecular weight excluding hydrogens is 435 g/mol. The Labute approximate surface area is 181 Å². The molecule has 0 bridgehead atoms. The van der Waals surface area contributed by atoms with Gasteiger partial charge in [0.2, 0.25) is 0 Å². The molecule has 0 saturated carbocycles. The summed E-state index contributed by atoms with van der Waals surface area (Å²) in [6.45, 7) is 0.176. The van der Waals surface area contributed by atoms with Gasteiger partial charge in [-0.05, 0) is 53.2 Å². The highest BCUT2D eigenvalue weighted by Crippen LogP contribution is 2.37. The molecule has 0 spiro atoms. The number of carboxylic acid groups (broad SMARTS) is 1. The molecule has 1 amide bonds. The van der Waals surface area contributed by atoms with Crippen LogP contribution >= 0.6 is 35.0 Å². The van der Waals surface area contributed by atoms with E-state index < -0.39 is 5.97 Å². The molecule has 0 aromatic heterocycles. The maximum Gasteiger partial charge on any atom is 0.335 e. The second-order valence-corrected chi connectivity index (χ2v) is 7.91. The number of amides is 1. The van der Waals surface area contributed by atoms with Crippen LogP contribution in [0.1, 0.15) is 21.5 Å². The van der Waals surface area contributed by atoms with Gasteiger partial charge in [-0.1, -0.05) is 35.3 Å². The summed E-state index contributed by atoms with van der Waals surface area (Å²) in [4.78, 5) is 29.2. The molecular formula is C20H16Cl2N2O4S. The summed E-state index contributed by atoms with van der Waals surface area (Å²) in [5.74, 6) is -0.820. The van der Waals surface area contributed by atoms with E-state index in [4.69, 9.17) is 33.0 Å². The summed E-state index contributed by atoms with van der Waals surface area (Å²) in [5.41, 5.74) is 1.64. The van der Waals surface area contributed by atoms with Gasteiger partial charge in [0, 0.05) is 14.1 Å². The van der Waals surface area contributed by atoms with Crippen molar-refractivity contribution < 1.29 is 19.4 Å². The molecule has 1 N–H and O–H groups in total. The minimum absolute atomic E-state index is 0.145. The molecule has 3 rings (SSSR count). The average molecular weight is 451 g/mol. The van der Waals surface area contributed by atoms with Gasteiger partial charge in [0.05, 0.1) is 20.5 Å². The lowest BCUT2D eigenvalue weighted by Crippen LogP contribution is -2.23. The molecule has 1 fully saturated rings. The minimum atomic E-state index is -0.990. The van der Waals surface area contributed by atoms with E-state index in [0.717, 1.165) is 5.56 Å². The Morgan fingerprint density at radius 2 is 1.86 bits per heavy atom. The summed E-state index contributed by atoms with van der Waals surface area (Å²) in [7, 11) is 3.29. The van der Waals surface area contributed by atoms with E-state index in [9.17, 15) is 9.59 Å². The number of likely N-dealkylation sites (N-methyl/N-ethyl adjacent to an activating group) is 1. The van der Waals surface area contributed by atoms with Crippen LogP contribution in [0.25, 0.3) is 6.08 Å². The lowest BCUT2D eigenvalue weighted by molar-refractivity contribution is -0.121. The van der Waals surface area contributed by atoms with E-state index in [1.165, 1.54) is 28.8 Å². The van der Waals surface area contributed by atoms with Crippen LogP contribution in [0.5, 0.6) is 5.75 Å². The molecule has 6 nitrogen and oxygen atoms in total. The molecule has 0 atom stereocenters. The van der Waals surface area contributed by atoms with Crippen LogP contribution in [-0.2, 0) is 11.4 Å². The van der Waals surface area contributed by atoms with Gasteiger partial charge in [-0.2, -0.15) is 0 Å². The Balaban J connectivity index is 1.77. The Bertz CT molecular complexity index is 1010. The number of halogens is 2. The van der Waals surface area contributed by atoms with Crippen molar-refractivity contribution in [3.8, 4) is 5.75 Å². The molecule has 1 aliphatic heterocycles.